The van der Waals surface area contributed by atoms with Gasteiger partial charge in [-0.25, -0.2) is 9.97 Å². The molecule has 1 spiro atoms. The van der Waals surface area contributed by atoms with E-state index in [1.54, 1.807) is 18.5 Å². The average molecular weight is 330 g/mol. The molecule has 4 rings (SSSR count). The van der Waals surface area contributed by atoms with Crippen LogP contribution in [0.5, 0.6) is 6.01 Å². The summed E-state index contributed by atoms with van der Waals surface area (Å²) in [4.78, 5) is 10.7. The van der Waals surface area contributed by atoms with Crippen molar-refractivity contribution >= 4 is 0 Å². The Morgan fingerprint density at radius 3 is 2.92 bits per heavy atom. The summed E-state index contributed by atoms with van der Waals surface area (Å²) < 4.78 is 17.2. The number of rotatable bonds is 4. The van der Waals surface area contributed by atoms with E-state index in [0.717, 1.165) is 43.9 Å². The van der Waals surface area contributed by atoms with E-state index < -0.39 is 0 Å². The van der Waals surface area contributed by atoms with Crippen LogP contribution in [-0.2, 0) is 11.3 Å². The molecule has 4 heterocycles. The topological polar surface area (TPSA) is 73.5 Å². The molecule has 2 fully saturated rings. The minimum atomic E-state index is -0.113. The quantitative estimate of drug-likeness (QED) is 0.847. The third-order valence-corrected chi connectivity index (χ3v) is 4.95. The molecule has 0 radical (unpaired) electrons. The second kappa shape index (κ2) is 6.14. The number of ether oxygens (including phenoxy) is 2. The highest BCUT2D eigenvalue weighted by molar-refractivity contribution is 5.21. The smallest absolute Gasteiger partial charge is 0.316 e. The Labute approximate surface area is 141 Å². The zero-order valence-corrected chi connectivity index (χ0v) is 14.1. The Bertz CT molecular complexity index is 686. The molecule has 7 nitrogen and oxygen atoms in total. The van der Waals surface area contributed by atoms with Gasteiger partial charge >= 0.3 is 6.01 Å². The van der Waals surface area contributed by atoms with E-state index >= 15 is 0 Å². The van der Waals surface area contributed by atoms with Crippen LogP contribution in [0.2, 0.25) is 0 Å². The van der Waals surface area contributed by atoms with Crippen LogP contribution in [0.4, 0.5) is 0 Å². The first-order chi connectivity index (χ1) is 11.6. The molecule has 2 atom stereocenters. The highest BCUT2D eigenvalue weighted by Crippen LogP contribution is 2.37. The summed E-state index contributed by atoms with van der Waals surface area (Å²) in [6, 6.07) is 2.21. The van der Waals surface area contributed by atoms with Gasteiger partial charge in [-0.15, -0.1) is 0 Å². The molecule has 2 aromatic rings. The van der Waals surface area contributed by atoms with E-state index in [9.17, 15) is 0 Å². The lowest BCUT2D eigenvalue weighted by molar-refractivity contribution is 0.00907. The van der Waals surface area contributed by atoms with Crippen molar-refractivity contribution in [2.24, 2.45) is 0 Å². The molecule has 7 heteroatoms. The molecule has 0 N–H and O–H groups in total. The monoisotopic (exact) mass is 330 g/mol. The van der Waals surface area contributed by atoms with Crippen LogP contribution in [0.3, 0.4) is 0 Å². The van der Waals surface area contributed by atoms with Gasteiger partial charge in [0.2, 0.25) is 0 Å². The largest absolute Gasteiger partial charge is 0.458 e. The summed E-state index contributed by atoms with van der Waals surface area (Å²) in [5.74, 6) is 0.906. The second-order valence-electron chi connectivity index (χ2n) is 6.73. The zero-order chi connectivity index (χ0) is 16.6. The summed E-state index contributed by atoms with van der Waals surface area (Å²) in [6.07, 6.45) is 5.30. The van der Waals surface area contributed by atoms with Crippen molar-refractivity contribution in [3.05, 3.63) is 35.5 Å². The van der Waals surface area contributed by atoms with Crippen LogP contribution >= 0.6 is 0 Å². The fourth-order valence-corrected chi connectivity index (χ4v) is 3.67. The molecular formula is C17H22N4O3. The third kappa shape index (κ3) is 3.01. The highest BCUT2D eigenvalue weighted by Gasteiger charge is 2.46. The van der Waals surface area contributed by atoms with E-state index in [2.05, 4.69) is 20.0 Å². The van der Waals surface area contributed by atoms with Crippen molar-refractivity contribution in [1.29, 1.82) is 0 Å². The van der Waals surface area contributed by atoms with Crippen LogP contribution < -0.4 is 4.74 Å². The third-order valence-electron chi connectivity index (χ3n) is 4.95. The second-order valence-corrected chi connectivity index (χ2v) is 6.73. The minimum Gasteiger partial charge on any atom is -0.458 e. The first-order valence-corrected chi connectivity index (χ1v) is 8.35. The molecule has 2 aliphatic rings. The fourth-order valence-electron chi connectivity index (χ4n) is 3.67. The van der Waals surface area contributed by atoms with Crippen LogP contribution in [0, 0.1) is 13.8 Å². The predicted molar refractivity (Wildman–Crippen MR) is 85.6 cm³/mol. The van der Waals surface area contributed by atoms with E-state index in [4.69, 9.17) is 14.0 Å². The number of hydrogen-bond donors (Lipinski definition) is 0. The van der Waals surface area contributed by atoms with Crippen molar-refractivity contribution in [3.8, 4) is 6.01 Å². The Morgan fingerprint density at radius 1 is 1.33 bits per heavy atom. The van der Waals surface area contributed by atoms with Crippen molar-refractivity contribution in [1.82, 2.24) is 20.0 Å². The molecule has 2 saturated heterocycles. The molecule has 0 aromatic carbocycles. The number of nitrogens with zero attached hydrogens (tertiary/aromatic N) is 4. The fraction of sp³-hybridized carbons (Fsp3) is 0.588. The van der Waals surface area contributed by atoms with Crippen molar-refractivity contribution < 1.29 is 14.0 Å². The summed E-state index contributed by atoms with van der Waals surface area (Å²) in [5.41, 5.74) is 2.05. The summed E-state index contributed by atoms with van der Waals surface area (Å²) in [6.45, 7) is 7.34. The van der Waals surface area contributed by atoms with E-state index in [-0.39, 0.29) is 11.7 Å². The van der Waals surface area contributed by atoms with E-state index in [1.165, 1.54) is 5.56 Å². The lowest BCUT2D eigenvalue weighted by atomic mass is 9.98. The van der Waals surface area contributed by atoms with Crippen molar-refractivity contribution in [2.75, 3.05) is 19.7 Å². The maximum Gasteiger partial charge on any atom is 0.316 e. The summed E-state index contributed by atoms with van der Waals surface area (Å²) in [5, 5.41) is 4.04. The standard InChI is InChI=1S/C17H22N4O3/c1-12-15(13(2)24-20-12)9-21-7-4-17(11-21)8-14(10-22-17)23-16-18-5-3-6-19-16/h3,5-6,14H,4,7-11H2,1-2H3/t14-,17-/m0/s1. The molecule has 24 heavy (non-hydrogen) atoms. The maximum absolute atomic E-state index is 6.13. The first kappa shape index (κ1) is 15.5. The normalized spacial score (nSPS) is 27.2. The Balaban J connectivity index is 1.36. The zero-order valence-electron chi connectivity index (χ0n) is 14.1. The molecule has 2 aromatic heterocycles. The molecule has 2 aliphatic heterocycles. The highest BCUT2D eigenvalue weighted by atomic mass is 16.6. The van der Waals surface area contributed by atoms with E-state index in [0.29, 0.717) is 12.6 Å². The number of aryl methyl sites for hydroxylation is 2. The molecule has 0 bridgehead atoms. The summed E-state index contributed by atoms with van der Waals surface area (Å²) >= 11 is 0. The Morgan fingerprint density at radius 2 is 2.17 bits per heavy atom. The van der Waals surface area contributed by atoms with Gasteiger partial charge in [0, 0.05) is 44.0 Å². The van der Waals surface area contributed by atoms with Gasteiger partial charge in [0.25, 0.3) is 0 Å². The van der Waals surface area contributed by atoms with Crippen LogP contribution in [0.1, 0.15) is 29.9 Å². The van der Waals surface area contributed by atoms with Gasteiger partial charge < -0.3 is 14.0 Å². The molecular weight excluding hydrogens is 308 g/mol. The van der Waals surface area contributed by atoms with Crippen molar-refractivity contribution in [2.45, 2.75) is 44.9 Å². The number of hydrogen-bond acceptors (Lipinski definition) is 7. The molecule has 0 amide bonds. The number of aromatic nitrogens is 3. The Kier molecular flexibility index (Phi) is 3.97. The van der Waals surface area contributed by atoms with Crippen LogP contribution in [-0.4, -0.2) is 51.4 Å². The Hall–Kier alpha value is -1.99. The van der Waals surface area contributed by atoms with Gasteiger partial charge in [-0.3, -0.25) is 4.90 Å². The van der Waals surface area contributed by atoms with E-state index in [1.807, 2.05) is 13.8 Å². The van der Waals surface area contributed by atoms with Gasteiger partial charge in [-0.05, 0) is 26.3 Å². The minimum absolute atomic E-state index is 0.0198. The van der Waals surface area contributed by atoms with Gasteiger partial charge in [0.05, 0.1) is 17.9 Å². The van der Waals surface area contributed by atoms with Crippen molar-refractivity contribution in [3.63, 3.8) is 0 Å². The summed E-state index contributed by atoms with van der Waals surface area (Å²) in [7, 11) is 0. The van der Waals surface area contributed by atoms with Crippen LogP contribution in [0.25, 0.3) is 0 Å². The predicted octanol–water partition coefficient (Wildman–Crippen LogP) is 1.89. The van der Waals surface area contributed by atoms with Gasteiger partial charge in [-0.1, -0.05) is 5.16 Å². The lowest BCUT2D eigenvalue weighted by Crippen LogP contribution is -2.33. The average Bonchev–Trinajstić information content (AvgIpc) is 3.26. The maximum atomic E-state index is 6.13. The molecule has 128 valence electrons. The molecule has 0 saturated carbocycles. The lowest BCUT2D eigenvalue weighted by Gasteiger charge is -2.23. The first-order valence-electron chi connectivity index (χ1n) is 8.35. The molecule has 0 unspecified atom stereocenters. The number of likely N-dealkylation sites (tertiary alicyclic amines) is 1. The molecule has 0 aliphatic carbocycles. The SMILES string of the molecule is Cc1noc(C)c1CN1CC[C@]2(C[C@H](Oc3ncccn3)CO2)C1. The van der Waals surface area contributed by atoms with Gasteiger partial charge in [-0.2, -0.15) is 0 Å². The van der Waals surface area contributed by atoms with Gasteiger partial charge in [0.1, 0.15) is 11.9 Å². The van der Waals surface area contributed by atoms with Crippen LogP contribution in [0.15, 0.2) is 23.0 Å². The van der Waals surface area contributed by atoms with Gasteiger partial charge in [0.15, 0.2) is 0 Å².